The van der Waals surface area contributed by atoms with Crippen molar-refractivity contribution in [3.8, 4) is 0 Å². The molecule has 17 heavy (non-hydrogen) atoms. The molecule has 4 nitrogen and oxygen atoms in total. The smallest absolute Gasteiger partial charge is 0.240 e. The molecule has 0 aliphatic heterocycles. The molecule has 0 amide bonds. The van der Waals surface area contributed by atoms with E-state index in [1.165, 1.54) is 6.07 Å². The second-order valence-corrected chi connectivity index (χ2v) is 6.87. The molecule has 0 spiro atoms. The minimum Gasteiger partial charge on any atom is -0.399 e. The van der Waals surface area contributed by atoms with Gasteiger partial charge in [0.25, 0.3) is 0 Å². The highest BCUT2D eigenvalue weighted by atomic mass is 32.2. The van der Waals surface area contributed by atoms with E-state index >= 15 is 0 Å². The van der Waals surface area contributed by atoms with Crippen molar-refractivity contribution in [3.63, 3.8) is 0 Å². The number of rotatable bonds is 3. The van der Waals surface area contributed by atoms with Crippen molar-refractivity contribution in [1.82, 2.24) is 4.72 Å². The van der Waals surface area contributed by atoms with Crippen LogP contribution in [0.4, 0.5) is 10.1 Å². The van der Waals surface area contributed by atoms with Gasteiger partial charge in [0.1, 0.15) is 5.82 Å². The van der Waals surface area contributed by atoms with Crippen LogP contribution in [0.1, 0.15) is 20.8 Å². The number of benzene rings is 1. The Hall–Kier alpha value is -1.14. The van der Waals surface area contributed by atoms with Crippen molar-refractivity contribution in [2.24, 2.45) is 5.41 Å². The summed E-state index contributed by atoms with van der Waals surface area (Å²) in [6.45, 7) is 5.96. The van der Waals surface area contributed by atoms with Crippen molar-refractivity contribution in [3.05, 3.63) is 24.0 Å². The zero-order chi connectivity index (χ0) is 13.3. The summed E-state index contributed by atoms with van der Waals surface area (Å²) in [5.74, 6) is -0.666. The van der Waals surface area contributed by atoms with E-state index in [4.69, 9.17) is 5.73 Å². The van der Waals surface area contributed by atoms with Gasteiger partial charge < -0.3 is 5.73 Å². The molecule has 0 fully saturated rings. The first-order valence-electron chi connectivity index (χ1n) is 5.16. The van der Waals surface area contributed by atoms with Crippen LogP contribution in [-0.2, 0) is 10.0 Å². The molecule has 0 bridgehead atoms. The molecule has 0 aromatic heterocycles. The van der Waals surface area contributed by atoms with Crippen molar-refractivity contribution >= 4 is 15.7 Å². The molecule has 3 N–H and O–H groups in total. The van der Waals surface area contributed by atoms with Gasteiger partial charge in [-0.3, -0.25) is 0 Å². The number of sulfonamides is 1. The number of nitrogens with one attached hydrogen (secondary N) is 1. The van der Waals surface area contributed by atoms with Crippen LogP contribution in [0, 0.1) is 11.2 Å². The van der Waals surface area contributed by atoms with Crippen molar-refractivity contribution < 1.29 is 12.8 Å². The molecule has 1 aromatic carbocycles. The molecular weight excluding hydrogens is 243 g/mol. The fourth-order valence-corrected chi connectivity index (χ4v) is 2.48. The topological polar surface area (TPSA) is 72.2 Å². The van der Waals surface area contributed by atoms with Crippen LogP contribution in [0.15, 0.2) is 23.1 Å². The van der Waals surface area contributed by atoms with Gasteiger partial charge in [0, 0.05) is 12.2 Å². The van der Waals surface area contributed by atoms with Gasteiger partial charge in [0.15, 0.2) is 0 Å². The van der Waals surface area contributed by atoms with Crippen LogP contribution in [0.2, 0.25) is 0 Å². The first-order chi connectivity index (χ1) is 7.60. The van der Waals surface area contributed by atoms with E-state index < -0.39 is 15.8 Å². The Morgan fingerprint density at radius 2 is 1.88 bits per heavy atom. The van der Waals surface area contributed by atoms with Crippen LogP contribution in [0.3, 0.4) is 0 Å². The third-order valence-corrected chi connectivity index (χ3v) is 3.38. The lowest BCUT2D eigenvalue weighted by Gasteiger charge is -2.18. The van der Waals surface area contributed by atoms with E-state index in [1.807, 2.05) is 20.8 Å². The van der Waals surface area contributed by atoms with Gasteiger partial charge >= 0.3 is 0 Å². The molecule has 0 radical (unpaired) electrons. The maximum Gasteiger partial charge on any atom is 0.240 e. The van der Waals surface area contributed by atoms with Gasteiger partial charge in [0.05, 0.1) is 4.90 Å². The highest BCUT2D eigenvalue weighted by Gasteiger charge is 2.19. The van der Waals surface area contributed by atoms with E-state index in [2.05, 4.69) is 4.72 Å². The average Bonchev–Trinajstić information content (AvgIpc) is 2.12. The van der Waals surface area contributed by atoms with Crippen LogP contribution in [0.25, 0.3) is 0 Å². The number of hydrogen-bond donors (Lipinski definition) is 2. The molecule has 0 saturated heterocycles. The minimum atomic E-state index is -3.71. The maximum absolute atomic E-state index is 13.1. The minimum absolute atomic E-state index is 0.0844. The van der Waals surface area contributed by atoms with E-state index in [0.717, 1.165) is 12.1 Å². The molecule has 1 aromatic rings. The number of hydrogen-bond acceptors (Lipinski definition) is 3. The highest BCUT2D eigenvalue weighted by molar-refractivity contribution is 7.89. The Morgan fingerprint density at radius 1 is 1.29 bits per heavy atom. The number of nitrogen functional groups attached to an aromatic ring is 1. The first-order valence-corrected chi connectivity index (χ1v) is 6.64. The molecule has 0 aliphatic rings. The predicted molar refractivity (Wildman–Crippen MR) is 65.5 cm³/mol. The molecule has 6 heteroatoms. The van der Waals surface area contributed by atoms with Gasteiger partial charge in [-0.05, 0) is 23.6 Å². The predicted octanol–water partition coefficient (Wildman–Crippen LogP) is 1.73. The van der Waals surface area contributed by atoms with E-state index in [-0.39, 0.29) is 22.5 Å². The molecular formula is C11H17FN2O2S. The summed E-state index contributed by atoms with van der Waals surface area (Å²) in [6, 6.07) is 3.25. The van der Waals surface area contributed by atoms with Crippen molar-refractivity contribution in [1.29, 1.82) is 0 Å². The van der Waals surface area contributed by atoms with E-state index in [9.17, 15) is 12.8 Å². The number of nitrogens with two attached hydrogens (primary N) is 1. The van der Waals surface area contributed by atoms with Gasteiger partial charge in [-0.2, -0.15) is 0 Å². The summed E-state index contributed by atoms with van der Waals surface area (Å²) in [5, 5.41) is 0. The SMILES string of the molecule is CC(C)(C)CNS(=O)(=O)c1cc(N)cc(F)c1. The maximum atomic E-state index is 13.1. The largest absolute Gasteiger partial charge is 0.399 e. The summed E-state index contributed by atoms with van der Waals surface area (Å²) in [5.41, 5.74) is 5.30. The fraction of sp³-hybridized carbons (Fsp3) is 0.455. The third kappa shape index (κ3) is 4.32. The lowest BCUT2D eigenvalue weighted by atomic mass is 9.98. The summed E-state index contributed by atoms with van der Waals surface area (Å²) in [7, 11) is -3.71. The number of halogens is 1. The first kappa shape index (κ1) is 13.9. The molecule has 96 valence electrons. The second-order valence-electron chi connectivity index (χ2n) is 5.11. The standard InChI is InChI=1S/C11H17FN2O2S/c1-11(2,3)7-14-17(15,16)10-5-8(12)4-9(13)6-10/h4-6,14H,7,13H2,1-3H3. The van der Waals surface area contributed by atoms with Gasteiger partial charge in [-0.15, -0.1) is 0 Å². The Morgan fingerprint density at radius 3 is 2.35 bits per heavy atom. The van der Waals surface area contributed by atoms with Crippen molar-refractivity contribution in [2.75, 3.05) is 12.3 Å². The summed E-state index contributed by atoms with van der Waals surface area (Å²) >= 11 is 0. The Kier molecular flexibility index (Phi) is 3.78. The Labute approximate surface area is 101 Å². The van der Waals surface area contributed by atoms with Crippen LogP contribution in [0.5, 0.6) is 0 Å². The molecule has 0 atom stereocenters. The normalized spacial score (nSPS) is 12.7. The zero-order valence-electron chi connectivity index (χ0n) is 10.1. The molecule has 0 unspecified atom stereocenters. The van der Waals surface area contributed by atoms with E-state index in [1.54, 1.807) is 0 Å². The summed E-state index contributed by atoms with van der Waals surface area (Å²) in [4.78, 5) is -0.153. The van der Waals surface area contributed by atoms with Gasteiger partial charge in [-0.1, -0.05) is 20.8 Å². The van der Waals surface area contributed by atoms with Crippen LogP contribution < -0.4 is 10.5 Å². The quantitative estimate of drug-likeness (QED) is 0.813. The monoisotopic (exact) mass is 260 g/mol. The number of anilines is 1. The van der Waals surface area contributed by atoms with Gasteiger partial charge in [-0.25, -0.2) is 17.5 Å². The lowest BCUT2D eigenvalue weighted by molar-refractivity contribution is 0.407. The fourth-order valence-electron chi connectivity index (χ4n) is 1.13. The molecule has 0 saturated carbocycles. The summed E-state index contributed by atoms with van der Waals surface area (Å²) in [6.07, 6.45) is 0. The van der Waals surface area contributed by atoms with Crippen molar-refractivity contribution in [2.45, 2.75) is 25.7 Å². The third-order valence-electron chi connectivity index (χ3n) is 2.00. The molecule has 0 aliphatic carbocycles. The zero-order valence-corrected chi connectivity index (χ0v) is 10.9. The highest BCUT2D eigenvalue weighted by Crippen LogP contribution is 2.17. The van der Waals surface area contributed by atoms with Gasteiger partial charge in [0.2, 0.25) is 10.0 Å². The molecule has 1 rings (SSSR count). The average molecular weight is 260 g/mol. The Balaban J connectivity index is 2.98. The Bertz CT molecular complexity index is 486. The van der Waals surface area contributed by atoms with Crippen LogP contribution >= 0.6 is 0 Å². The van der Waals surface area contributed by atoms with Crippen LogP contribution in [-0.4, -0.2) is 15.0 Å². The second kappa shape index (κ2) is 4.62. The summed E-state index contributed by atoms with van der Waals surface area (Å²) < 4.78 is 39.2. The van der Waals surface area contributed by atoms with E-state index in [0.29, 0.717) is 0 Å². The lowest BCUT2D eigenvalue weighted by Crippen LogP contribution is -2.32. The molecule has 0 heterocycles.